The Morgan fingerprint density at radius 1 is 1.30 bits per heavy atom. The SMILES string of the molecule is CCCc1ccc(NC(=O)c2nn(CC)cc2N)cc1. The van der Waals surface area contributed by atoms with E-state index in [0.717, 1.165) is 18.5 Å². The highest BCUT2D eigenvalue weighted by Crippen LogP contribution is 2.15. The molecule has 1 aromatic heterocycles. The molecule has 1 amide bonds. The number of rotatable bonds is 5. The van der Waals surface area contributed by atoms with Crippen LogP contribution in [0.5, 0.6) is 0 Å². The molecule has 0 radical (unpaired) electrons. The molecule has 0 atom stereocenters. The van der Waals surface area contributed by atoms with Crippen LogP contribution in [0, 0.1) is 0 Å². The number of amides is 1. The van der Waals surface area contributed by atoms with E-state index in [1.807, 2.05) is 31.2 Å². The third-order valence-electron chi connectivity index (χ3n) is 3.08. The summed E-state index contributed by atoms with van der Waals surface area (Å²) in [5, 5.41) is 6.96. The fourth-order valence-corrected chi connectivity index (χ4v) is 2.01. The number of nitrogens with two attached hydrogens (primary N) is 1. The van der Waals surface area contributed by atoms with Gasteiger partial charge in [-0.15, -0.1) is 0 Å². The summed E-state index contributed by atoms with van der Waals surface area (Å²) in [6.07, 6.45) is 3.82. The normalized spacial score (nSPS) is 10.5. The Labute approximate surface area is 118 Å². The Morgan fingerprint density at radius 3 is 2.55 bits per heavy atom. The van der Waals surface area contributed by atoms with Crippen molar-refractivity contribution in [3.8, 4) is 0 Å². The minimum Gasteiger partial charge on any atom is -0.396 e. The number of benzene rings is 1. The topological polar surface area (TPSA) is 72.9 Å². The van der Waals surface area contributed by atoms with E-state index in [2.05, 4.69) is 17.3 Å². The number of carbonyl (C=O) groups is 1. The molecule has 2 aromatic rings. The second kappa shape index (κ2) is 6.23. The van der Waals surface area contributed by atoms with E-state index in [0.29, 0.717) is 12.2 Å². The predicted molar refractivity (Wildman–Crippen MR) is 80.7 cm³/mol. The minimum absolute atomic E-state index is 0.268. The smallest absolute Gasteiger partial charge is 0.278 e. The maximum absolute atomic E-state index is 12.1. The zero-order valence-electron chi connectivity index (χ0n) is 11.9. The second-order valence-corrected chi connectivity index (χ2v) is 4.69. The first-order valence-corrected chi connectivity index (χ1v) is 6.87. The lowest BCUT2D eigenvalue weighted by Gasteiger charge is -2.05. The van der Waals surface area contributed by atoms with E-state index in [1.54, 1.807) is 10.9 Å². The molecule has 106 valence electrons. The van der Waals surface area contributed by atoms with E-state index in [1.165, 1.54) is 5.56 Å². The summed E-state index contributed by atoms with van der Waals surface area (Å²) in [6.45, 7) is 4.77. The van der Waals surface area contributed by atoms with Gasteiger partial charge in [-0.05, 0) is 31.0 Å². The van der Waals surface area contributed by atoms with E-state index >= 15 is 0 Å². The third kappa shape index (κ3) is 3.17. The molecule has 0 saturated carbocycles. The fraction of sp³-hybridized carbons (Fsp3) is 0.333. The standard InChI is InChI=1S/C15H20N4O/c1-3-5-11-6-8-12(9-7-11)17-15(20)14-13(16)10-19(4-2)18-14/h6-10H,3-5,16H2,1-2H3,(H,17,20). The average molecular weight is 272 g/mol. The lowest BCUT2D eigenvalue weighted by atomic mass is 10.1. The summed E-state index contributed by atoms with van der Waals surface area (Å²) in [5.41, 5.74) is 8.47. The van der Waals surface area contributed by atoms with Crippen molar-refractivity contribution in [2.24, 2.45) is 0 Å². The minimum atomic E-state index is -0.280. The van der Waals surface area contributed by atoms with Crippen molar-refractivity contribution in [3.63, 3.8) is 0 Å². The van der Waals surface area contributed by atoms with Crippen LogP contribution in [0.3, 0.4) is 0 Å². The van der Waals surface area contributed by atoms with Crippen molar-refractivity contribution < 1.29 is 4.79 Å². The monoisotopic (exact) mass is 272 g/mol. The van der Waals surface area contributed by atoms with E-state index < -0.39 is 0 Å². The Bertz CT molecular complexity index is 586. The zero-order chi connectivity index (χ0) is 14.5. The molecular formula is C15H20N4O. The molecule has 1 heterocycles. The third-order valence-corrected chi connectivity index (χ3v) is 3.08. The van der Waals surface area contributed by atoms with Gasteiger partial charge in [0.15, 0.2) is 5.69 Å². The molecule has 2 rings (SSSR count). The average Bonchev–Trinajstić information content (AvgIpc) is 2.83. The Kier molecular flexibility index (Phi) is 4.40. The van der Waals surface area contributed by atoms with Gasteiger partial charge in [0.25, 0.3) is 5.91 Å². The maximum Gasteiger partial charge on any atom is 0.278 e. The molecule has 1 aromatic carbocycles. The van der Waals surface area contributed by atoms with E-state index in [9.17, 15) is 4.79 Å². The molecule has 0 fully saturated rings. The number of hydrogen-bond donors (Lipinski definition) is 2. The largest absolute Gasteiger partial charge is 0.396 e. The number of aryl methyl sites for hydroxylation is 2. The summed E-state index contributed by atoms with van der Waals surface area (Å²) in [5.74, 6) is -0.280. The quantitative estimate of drug-likeness (QED) is 0.879. The number of nitrogens with one attached hydrogen (secondary N) is 1. The van der Waals surface area contributed by atoms with Gasteiger partial charge in [-0.2, -0.15) is 5.10 Å². The van der Waals surface area contributed by atoms with Gasteiger partial charge in [0, 0.05) is 18.4 Å². The number of aromatic nitrogens is 2. The molecule has 0 aliphatic carbocycles. The van der Waals surface area contributed by atoms with Gasteiger partial charge >= 0.3 is 0 Å². The van der Waals surface area contributed by atoms with Gasteiger partial charge in [-0.3, -0.25) is 9.48 Å². The first kappa shape index (κ1) is 14.1. The molecular weight excluding hydrogens is 252 g/mol. The van der Waals surface area contributed by atoms with Crippen LogP contribution in [0.25, 0.3) is 0 Å². The van der Waals surface area contributed by atoms with Crippen molar-refractivity contribution in [1.29, 1.82) is 0 Å². The van der Waals surface area contributed by atoms with E-state index in [4.69, 9.17) is 5.73 Å². The van der Waals surface area contributed by atoms with Crippen LogP contribution in [0.1, 0.15) is 36.3 Å². The molecule has 0 unspecified atom stereocenters. The van der Waals surface area contributed by atoms with Crippen LogP contribution in [0.4, 0.5) is 11.4 Å². The zero-order valence-corrected chi connectivity index (χ0v) is 11.9. The van der Waals surface area contributed by atoms with Gasteiger partial charge < -0.3 is 11.1 Å². The van der Waals surface area contributed by atoms with Crippen LogP contribution in [0.2, 0.25) is 0 Å². The summed E-state index contributed by atoms with van der Waals surface area (Å²) in [6, 6.07) is 7.84. The molecule has 0 spiro atoms. The van der Waals surface area contributed by atoms with Gasteiger partial charge in [-0.25, -0.2) is 0 Å². The molecule has 0 saturated heterocycles. The van der Waals surface area contributed by atoms with Gasteiger partial charge in [-0.1, -0.05) is 25.5 Å². The molecule has 5 nitrogen and oxygen atoms in total. The van der Waals surface area contributed by atoms with Crippen LogP contribution in [-0.2, 0) is 13.0 Å². The Morgan fingerprint density at radius 2 is 2.00 bits per heavy atom. The van der Waals surface area contributed by atoms with Gasteiger partial charge in [0.2, 0.25) is 0 Å². The first-order valence-electron chi connectivity index (χ1n) is 6.87. The van der Waals surface area contributed by atoms with Crippen molar-refractivity contribution in [3.05, 3.63) is 41.7 Å². The Hall–Kier alpha value is -2.30. The summed E-state index contributed by atoms with van der Waals surface area (Å²) in [4.78, 5) is 12.1. The highest BCUT2D eigenvalue weighted by molar-refractivity contribution is 6.06. The molecule has 3 N–H and O–H groups in total. The number of anilines is 2. The summed E-state index contributed by atoms with van der Waals surface area (Å²) in [7, 11) is 0. The van der Waals surface area contributed by atoms with Crippen LogP contribution in [-0.4, -0.2) is 15.7 Å². The highest BCUT2D eigenvalue weighted by atomic mass is 16.2. The van der Waals surface area contributed by atoms with Crippen molar-refractivity contribution in [2.75, 3.05) is 11.1 Å². The molecule has 0 aliphatic rings. The molecule has 0 bridgehead atoms. The lowest BCUT2D eigenvalue weighted by Crippen LogP contribution is -2.14. The van der Waals surface area contributed by atoms with Crippen molar-refractivity contribution in [1.82, 2.24) is 9.78 Å². The van der Waals surface area contributed by atoms with Crippen molar-refractivity contribution in [2.45, 2.75) is 33.2 Å². The first-order chi connectivity index (χ1) is 9.63. The summed E-state index contributed by atoms with van der Waals surface area (Å²) < 4.78 is 1.65. The summed E-state index contributed by atoms with van der Waals surface area (Å²) >= 11 is 0. The Balaban J connectivity index is 2.08. The van der Waals surface area contributed by atoms with Crippen LogP contribution in [0.15, 0.2) is 30.5 Å². The number of nitrogen functional groups attached to an aromatic ring is 1. The van der Waals surface area contributed by atoms with Crippen molar-refractivity contribution >= 4 is 17.3 Å². The number of nitrogens with zero attached hydrogens (tertiary/aromatic N) is 2. The molecule has 5 heteroatoms. The van der Waals surface area contributed by atoms with Gasteiger partial charge in [0.05, 0.1) is 5.69 Å². The van der Waals surface area contributed by atoms with Gasteiger partial charge in [0.1, 0.15) is 0 Å². The van der Waals surface area contributed by atoms with Crippen LogP contribution < -0.4 is 11.1 Å². The maximum atomic E-state index is 12.1. The van der Waals surface area contributed by atoms with E-state index in [-0.39, 0.29) is 11.6 Å². The molecule has 20 heavy (non-hydrogen) atoms. The lowest BCUT2D eigenvalue weighted by molar-refractivity contribution is 0.102. The predicted octanol–water partition coefficient (Wildman–Crippen LogP) is 2.69. The highest BCUT2D eigenvalue weighted by Gasteiger charge is 2.14. The molecule has 0 aliphatic heterocycles. The van der Waals surface area contributed by atoms with Crippen LogP contribution >= 0.6 is 0 Å². The number of hydrogen-bond acceptors (Lipinski definition) is 3. The number of carbonyl (C=O) groups excluding carboxylic acids is 1. The fourth-order valence-electron chi connectivity index (χ4n) is 2.01. The second-order valence-electron chi connectivity index (χ2n) is 4.69.